The Morgan fingerprint density at radius 1 is 0.667 bits per heavy atom. The molecule has 0 spiro atoms. The Balaban J connectivity index is 1.67. The van der Waals surface area contributed by atoms with E-state index in [0.29, 0.717) is 6.42 Å². The van der Waals surface area contributed by atoms with E-state index in [2.05, 4.69) is 0 Å². The van der Waals surface area contributed by atoms with Crippen LogP contribution in [0.5, 0.6) is 0 Å². The Labute approximate surface area is 155 Å². The summed E-state index contributed by atoms with van der Waals surface area (Å²) < 4.78 is 21.7. The average molecular weight is 396 g/mol. The highest BCUT2D eigenvalue weighted by atomic mass is 16.7. The van der Waals surface area contributed by atoms with E-state index in [9.17, 15) is 35.7 Å². The fourth-order valence-electron chi connectivity index (χ4n) is 3.57. The molecule has 3 rings (SSSR count). The quantitative estimate of drug-likeness (QED) is 0.216. The van der Waals surface area contributed by atoms with E-state index in [-0.39, 0.29) is 12.2 Å². The molecule has 0 amide bonds. The van der Waals surface area contributed by atoms with Crippen LogP contribution in [0.4, 0.5) is 0 Å². The molecule has 3 saturated heterocycles. The Kier molecular flexibility index (Phi) is 6.71. The normalized spacial score (nSPS) is 53.3. The zero-order chi connectivity index (χ0) is 19.9. The van der Waals surface area contributed by atoms with Crippen molar-refractivity contribution in [1.29, 1.82) is 0 Å². The van der Waals surface area contributed by atoms with Gasteiger partial charge in [-0.2, -0.15) is 0 Å². The number of hydrogen-bond donors (Lipinski definition) is 7. The zero-order valence-corrected chi connectivity index (χ0v) is 14.8. The van der Waals surface area contributed by atoms with E-state index in [4.69, 9.17) is 18.9 Å². The predicted octanol–water partition coefficient (Wildman–Crippen LogP) is -4.17. The lowest BCUT2D eigenvalue weighted by atomic mass is 9.92. The maximum Gasteiger partial charge on any atom is 0.187 e. The second-order valence-corrected chi connectivity index (χ2v) is 7.29. The van der Waals surface area contributed by atoms with Crippen molar-refractivity contribution >= 4 is 0 Å². The van der Waals surface area contributed by atoms with E-state index in [1.54, 1.807) is 0 Å². The van der Waals surface area contributed by atoms with Gasteiger partial charge >= 0.3 is 0 Å². The van der Waals surface area contributed by atoms with E-state index in [1.807, 2.05) is 6.92 Å². The molecule has 12 atom stereocenters. The molecule has 3 aliphatic heterocycles. The molecule has 0 bridgehead atoms. The van der Waals surface area contributed by atoms with Gasteiger partial charge in [-0.3, -0.25) is 0 Å². The van der Waals surface area contributed by atoms with Crippen LogP contribution in [-0.2, 0) is 18.9 Å². The fraction of sp³-hybridized carbons (Fsp3) is 1.00. The molecule has 0 aromatic heterocycles. The molecule has 3 heterocycles. The highest BCUT2D eigenvalue weighted by molar-refractivity contribution is 4.97. The highest BCUT2D eigenvalue weighted by Crippen LogP contribution is 2.34. The summed E-state index contributed by atoms with van der Waals surface area (Å²) in [6, 6.07) is 0. The first kappa shape index (κ1) is 21.3. The van der Waals surface area contributed by atoms with Gasteiger partial charge in [0.05, 0.1) is 31.5 Å². The summed E-state index contributed by atoms with van der Waals surface area (Å²) in [6.07, 6.45) is -13.2. The molecule has 0 aromatic rings. The van der Waals surface area contributed by atoms with E-state index in [1.165, 1.54) is 0 Å². The van der Waals surface area contributed by atoms with Crippen molar-refractivity contribution in [2.45, 2.75) is 86.8 Å². The lowest BCUT2D eigenvalue weighted by Crippen LogP contribution is -2.64. The number of rotatable bonds is 6. The van der Waals surface area contributed by atoms with Gasteiger partial charge < -0.3 is 54.7 Å². The topological polar surface area (TPSA) is 182 Å². The fourth-order valence-corrected chi connectivity index (χ4v) is 3.57. The van der Waals surface area contributed by atoms with Crippen molar-refractivity contribution in [3.63, 3.8) is 0 Å². The smallest absolute Gasteiger partial charge is 0.187 e. The molecule has 158 valence electrons. The first-order valence-electron chi connectivity index (χ1n) is 9.02. The Bertz CT molecular complexity index is 489. The number of ether oxygens (including phenoxy) is 4. The van der Waals surface area contributed by atoms with Gasteiger partial charge in [0.15, 0.2) is 6.29 Å². The summed E-state index contributed by atoms with van der Waals surface area (Å²) in [4.78, 5) is 0. The second kappa shape index (κ2) is 8.51. The maximum absolute atomic E-state index is 10.5. The molecule has 0 saturated carbocycles. The number of hydrogen-bond acceptors (Lipinski definition) is 11. The Hall–Kier alpha value is -0.440. The minimum Gasteiger partial charge on any atom is -0.394 e. The van der Waals surface area contributed by atoms with Gasteiger partial charge in [-0.25, -0.2) is 0 Å². The van der Waals surface area contributed by atoms with Crippen molar-refractivity contribution in [2.75, 3.05) is 13.2 Å². The zero-order valence-electron chi connectivity index (χ0n) is 14.8. The molecule has 27 heavy (non-hydrogen) atoms. The number of epoxide rings is 1. The minimum atomic E-state index is -1.68. The third kappa shape index (κ3) is 4.28. The largest absolute Gasteiger partial charge is 0.394 e. The van der Waals surface area contributed by atoms with Crippen molar-refractivity contribution < 1.29 is 54.7 Å². The summed E-state index contributed by atoms with van der Waals surface area (Å²) in [5, 5.41) is 69.3. The van der Waals surface area contributed by atoms with Gasteiger partial charge in [-0.15, -0.1) is 0 Å². The average Bonchev–Trinajstić information content (AvgIpc) is 3.35. The van der Waals surface area contributed by atoms with Crippen LogP contribution < -0.4 is 0 Å². The third-order valence-corrected chi connectivity index (χ3v) is 5.40. The van der Waals surface area contributed by atoms with E-state index < -0.39 is 74.4 Å². The molecular weight excluding hydrogens is 368 g/mol. The van der Waals surface area contributed by atoms with Crippen LogP contribution in [0.3, 0.4) is 0 Å². The molecule has 3 aliphatic rings. The Morgan fingerprint density at radius 2 is 1.26 bits per heavy atom. The van der Waals surface area contributed by atoms with E-state index in [0.717, 1.165) is 0 Å². The monoisotopic (exact) mass is 396 g/mol. The van der Waals surface area contributed by atoms with Crippen molar-refractivity contribution in [3.05, 3.63) is 0 Å². The van der Waals surface area contributed by atoms with Crippen LogP contribution in [0.1, 0.15) is 13.3 Å². The molecule has 0 aromatic carbocycles. The Morgan fingerprint density at radius 3 is 1.81 bits per heavy atom. The van der Waals surface area contributed by atoms with Gasteiger partial charge in [0.2, 0.25) is 0 Å². The number of aliphatic hydroxyl groups excluding tert-OH is 7. The van der Waals surface area contributed by atoms with Crippen LogP contribution in [-0.4, -0.2) is 122 Å². The highest BCUT2D eigenvalue weighted by Gasteiger charge is 2.51. The third-order valence-electron chi connectivity index (χ3n) is 5.40. The first-order valence-corrected chi connectivity index (χ1v) is 9.02. The molecule has 7 N–H and O–H groups in total. The van der Waals surface area contributed by atoms with Crippen LogP contribution in [0.2, 0.25) is 0 Å². The first-order chi connectivity index (χ1) is 12.8. The van der Waals surface area contributed by atoms with Crippen molar-refractivity contribution in [1.82, 2.24) is 0 Å². The molecular formula is C16H28O11. The predicted molar refractivity (Wildman–Crippen MR) is 85.4 cm³/mol. The summed E-state index contributed by atoms with van der Waals surface area (Å²) in [6.45, 7) is 0.691. The lowest BCUT2D eigenvalue weighted by molar-refractivity contribution is -0.342. The molecule has 4 unspecified atom stereocenters. The van der Waals surface area contributed by atoms with Crippen molar-refractivity contribution in [3.8, 4) is 0 Å². The molecule has 11 heteroatoms. The maximum atomic E-state index is 10.5. The van der Waals surface area contributed by atoms with Crippen LogP contribution in [0, 0.1) is 0 Å². The van der Waals surface area contributed by atoms with Crippen LogP contribution in [0.25, 0.3) is 0 Å². The number of aliphatic hydroxyl groups is 7. The standard InChI is InChI=1S/C16H28O11/c1-5-6(24-5)2-7-10(19)13(22)15(9(4-18)25-7)27-16-14(23)12(21)11(20)8(3-17)26-16/h5-23H,2-4H2,1H3/t5?,6?,7-,8-,9-,10+,11+,12+,13?,14-,15-,16?/m1/s1. The minimum absolute atomic E-state index is 0.0357. The van der Waals surface area contributed by atoms with E-state index >= 15 is 0 Å². The van der Waals surface area contributed by atoms with Gasteiger partial charge in [0, 0.05) is 6.42 Å². The van der Waals surface area contributed by atoms with Gasteiger partial charge in [-0.1, -0.05) is 0 Å². The van der Waals surface area contributed by atoms with Crippen LogP contribution >= 0.6 is 0 Å². The summed E-state index contributed by atoms with van der Waals surface area (Å²) in [5.74, 6) is 0. The summed E-state index contributed by atoms with van der Waals surface area (Å²) in [5.41, 5.74) is 0. The molecule has 11 nitrogen and oxygen atoms in total. The van der Waals surface area contributed by atoms with Crippen LogP contribution in [0.15, 0.2) is 0 Å². The van der Waals surface area contributed by atoms with Gasteiger partial charge in [-0.05, 0) is 6.92 Å². The van der Waals surface area contributed by atoms with Gasteiger partial charge in [0.1, 0.15) is 48.8 Å². The summed E-state index contributed by atoms with van der Waals surface area (Å²) in [7, 11) is 0. The van der Waals surface area contributed by atoms with Crippen molar-refractivity contribution in [2.24, 2.45) is 0 Å². The molecule has 3 fully saturated rings. The second-order valence-electron chi connectivity index (χ2n) is 7.29. The SMILES string of the molecule is CC1OC1C[C@H]1O[C@H](CO)[C@@H](OC2O[C@H](CO)[C@H](O)[C@H](O)[C@H]2O)C(O)[C@H]1O. The van der Waals surface area contributed by atoms with Gasteiger partial charge in [0.25, 0.3) is 0 Å². The molecule has 0 radical (unpaired) electrons. The molecule has 0 aliphatic carbocycles. The summed E-state index contributed by atoms with van der Waals surface area (Å²) >= 11 is 0. The lowest BCUT2D eigenvalue weighted by Gasteiger charge is -2.46.